The number of unbranched alkanes of at least 4 members (excludes halogenated alkanes) is 40. The van der Waals surface area contributed by atoms with Crippen LogP contribution in [0, 0.1) is 0 Å². The minimum atomic E-state index is -0.795. The van der Waals surface area contributed by atoms with Gasteiger partial charge in [-0.05, 0) is 83.5 Å². The Kier molecular flexibility index (Phi) is 62.2. The minimum Gasteiger partial charge on any atom is -0.462 e. The third-order valence-electron chi connectivity index (χ3n) is 14.8. The van der Waals surface area contributed by atoms with Crippen LogP contribution in [-0.4, -0.2) is 37.2 Å². The van der Waals surface area contributed by atoms with Crippen molar-refractivity contribution in [3.05, 3.63) is 60.8 Å². The van der Waals surface area contributed by atoms with Crippen molar-refractivity contribution in [3.63, 3.8) is 0 Å². The third-order valence-corrected chi connectivity index (χ3v) is 14.8. The molecule has 0 N–H and O–H groups in total. The van der Waals surface area contributed by atoms with E-state index in [2.05, 4.69) is 81.5 Å². The maximum atomic E-state index is 12.9. The topological polar surface area (TPSA) is 78.9 Å². The smallest absolute Gasteiger partial charge is 0.306 e. The second-order valence-electron chi connectivity index (χ2n) is 22.4. The van der Waals surface area contributed by atoms with Gasteiger partial charge in [-0.1, -0.05) is 306 Å². The Balaban J connectivity index is 4.26. The van der Waals surface area contributed by atoms with Gasteiger partial charge in [-0.3, -0.25) is 14.4 Å². The highest BCUT2D eigenvalue weighted by Crippen LogP contribution is 2.18. The number of rotatable bonds is 61. The Morgan fingerprint density at radius 3 is 0.842 bits per heavy atom. The quantitative estimate of drug-likeness (QED) is 0.0261. The molecule has 0 aromatic rings. The van der Waals surface area contributed by atoms with Gasteiger partial charge in [0.25, 0.3) is 0 Å². The van der Waals surface area contributed by atoms with Gasteiger partial charge in [-0.2, -0.15) is 0 Å². The summed E-state index contributed by atoms with van der Waals surface area (Å²) in [5.74, 6) is -0.921. The normalized spacial score (nSPS) is 12.4. The molecule has 0 heterocycles. The van der Waals surface area contributed by atoms with E-state index >= 15 is 0 Å². The van der Waals surface area contributed by atoms with Gasteiger partial charge in [-0.25, -0.2) is 0 Å². The van der Waals surface area contributed by atoms with E-state index < -0.39 is 6.10 Å². The number of ether oxygens (including phenoxy) is 3. The van der Waals surface area contributed by atoms with Gasteiger partial charge in [0.2, 0.25) is 0 Å². The van der Waals surface area contributed by atoms with Gasteiger partial charge >= 0.3 is 17.9 Å². The molecule has 76 heavy (non-hydrogen) atoms. The maximum absolute atomic E-state index is 12.9. The van der Waals surface area contributed by atoms with Crippen LogP contribution in [0.5, 0.6) is 0 Å². The Labute approximate surface area is 472 Å². The molecule has 1 unspecified atom stereocenters. The predicted molar refractivity (Wildman–Crippen MR) is 330 cm³/mol. The Morgan fingerprint density at radius 1 is 0.276 bits per heavy atom. The highest BCUT2D eigenvalue weighted by Gasteiger charge is 2.19. The van der Waals surface area contributed by atoms with Crippen LogP contribution in [0.2, 0.25) is 0 Å². The first-order chi connectivity index (χ1) is 37.5. The van der Waals surface area contributed by atoms with Crippen LogP contribution >= 0.6 is 0 Å². The van der Waals surface area contributed by atoms with Gasteiger partial charge in [0, 0.05) is 19.3 Å². The van der Waals surface area contributed by atoms with Crippen LogP contribution in [0.15, 0.2) is 60.8 Å². The SMILES string of the molecule is CC/C=C\C/C=C\C/C=C\C/C=C\CCCCC(=O)OCC(COC(=O)CCCCCCCCCCCCCCCCCCCCCCCCCCCCC)OC(=O)CCCCCCC/C=C\CCCCCCCCC. The highest BCUT2D eigenvalue weighted by atomic mass is 16.6. The summed E-state index contributed by atoms with van der Waals surface area (Å²) in [6.45, 7) is 6.53. The molecule has 0 spiro atoms. The maximum Gasteiger partial charge on any atom is 0.306 e. The molecule has 0 fully saturated rings. The van der Waals surface area contributed by atoms with Gasteiger partial charge in [0.1, 0.15) is 13.2 Å². The van der Waals surface area contributed by atoms with E-state index in [9.17, 15) is 14.4 Å². The standard InChI is InChI=1S/C70H126O6/c1-4-7-10-13-16-19-22-25-28-30-31-32-33-34-35-36-37-38-39-40-43-45-48-51-54-57-60-63-69(72)75-66-67(65-74-68(71)62-59-56-53-50-47-44-41-27-24-21-18-15-12-9-6-3)76-70(73)64-61-58-55-52-49-46-42-29-26-23-20-17-14-11-8-5-2/h9,12,18,21,27,29,41-42,47,50,67H,4-8,10-11,13-17,19-20,22-26,28,30-40,43-46,48-49,51-66H2,1-3H3/b12-9-,21-18-,41-27-,42-29-,50-47-. The molecule has 0 aromatic carbocycles. The van der Waals surface area contributed by atoms with Gasteiger partial charge < -0.3 is 14.2 Å². The molecule has 0 aliphatic rings. The van der Waals surface area contributed by atoms with E-state index in [1.54, 1.807) is 0 Å². The molecule has 0 aliphatic carbocycles. The second kappa shape index (κ2) is 64.6. The predicted octanol–water partition coefficient (Wildman–Crippen LogP) is 22.7. The van der Waals surface area contributed by atoms with E-state index in [-0.39, 0.29) is 31.1 Å². The molecule has 0 amide bonds. The summed E-state index contributed by atoms with van der Waals surface area (Å²) in [5, 5.41) is 0. The average Bonchev–Trinajstić information content (AvgIpc) is 3.42. The lowest BCUT2D eigenvalue weighted by Crippen LogP contribution is -2.30. The molecule has 1 atom stereocenters. The molecule has 442 valence electrons. The first kappa shape index (κ1) is 73.1. The fourth-order valence-corrected chi connectivity index (χ4v) is 9.79. The molecule has 6 nitrogen and oxygen atoms in total. The van der Waals surface area contributed by atoms with Crippen molar-refractivity contribution >= 4 is 17.9 Å². The fourth-order valence-electron chi connectivity index (χ4n) is 9.79. The van der Waals surface area contributed by atoms with Gasteiger partial charge in [0.05, 0.1) is 0 Å². The van der Waals surface area contributed by atoms with E-state index in [4.69, 9.17) is 14.2 Å². The van der Waals surface area contributed by atoms with Crippen LogP contribution in [0.1, 0.15) is 348 Å². The Hall–Kier alpha value is -2.89. The lowest BCUT2D eigenvalue weighted by molar-refractivity contribution is -0.167. The summed E-state index contributed by atoms with van der Waals surface area (Å²) in [4.78, 5) is 38.3. The number of allylic oxidation sites excluding steroid dienone is 10. The largest absolute Gasteiger partial charge is 0.462 e. The molecule has 0 bridgehead atoms. The number of carbonyl (C=O) groups excluding carboxylic acids is 3. The summed E-state index contributed by atoms with van der Waals surface area (Å²) in [5.41, 5.74) is 0. The van der Waals surface area contributed by atoms with Gasteiger partial charge in [-0.15, -0.1) is 0 Å². The van der Waals surface area contributed by atoms with E-state index in [0.29, 0.717) is 19.3 Å². The molecule has 0 saturated carbocycles. The first-order valence-corrected chi connectivity index (χ1v) is 33.3. The third kappa shape index (κ3) is 62.0. The van der Waals surface area contributed by atoms with Crippen molar-refractivity contribution in [2.24, 2.45) is 0 Å². The van der Waals surface area contributed by atoms with Crippen molar-refractivity contribution in [1.29, 1.82) is 0 Å². The summed E-state index contributed by atoms with van der Waals surface area (Å²) in [7, 11) is 0. The highest BCUT2D eigenvalue weighted by molar-refractivity contribution is 5.71. The molecule has 0 aromatic heterocycles. The van der Waals surface area contributed by atoms with Crippen molar-refractivity contribution in [1.82, 2.24) is 0 Å². The molecular formula is C70H126O6. The summed E-state index contributed by atoms with van der Waals surface area (Å²) >= 11 is 0. The number of hydrogen-bond donors (Lipinski definition) is 0. The minimum absolute atomic E-state index is 0.0876. The first-order valence-electron chi connectivity index (χ1n) is 33.3. The van der Waals surface area contributed by atoms with E-state index in [0.717, 1.165) is 96.3 Å². The van der Waals surface area contributed by atoms with Crippen molar-refractivity contribution in [3.8, 4) is 0 Å². The average molecular weight is 1060 g/mol. The molecule has 0 saturated heterocycles. The van der Waals surface area contributed by atoms with Crippen molar-refractivity contribution < 1.29 is 28.6 Å². The second-order valence-corrected chi connectivity index (χ2v) is 22.4. The van der Waals surface area contributed by atoms with Crippen LogP contribution in [0.25, 0.3) is 0 Å². The lowest BCUT2D eigenvalue weighted by Gasteiger charge is -2.18. The number of hydrogen-bond acceptors (Lipinski definition) is 6. The van der Waals surface area contributed by atoms with E-state index in [1.807, 2.05) is 0 Å². The summed E-state index contributed by atoms with van der Waals surface area (Å²) < 4.78 is 16.9. The molecule has 0 aliphatic heterocycles. The summed E-state index contributed by atoms with van der Waals surface area (Å²) in [6.07, 6.45) is 82.5. The Bertz CT molecular complexity index is 1360. The summed E-state index contributed by atoms with van der Waals surface area (Å²) in [6, 6.07) is 0. The number of esters is 3. The van der Waals surface area contributed by atoms with Crippen LogP contribution in [0.4, 0.5) is 0 Å². The zero-order chi connectivity index (χ0) is 55.0. The van der Waals surface area contributed by atoms with Crippen LogP contribution in [0.3, 0.4) is 0 Å². The molecule has 0 rings (SSSR count). The van der Waals surface area contributed by atoms with E-state index in [1.165, 1.54) is 212 Å². The lowest BCUT2D eigenvalue weighted by atomic mass is 10.0. The van der Waals surface area contributed by atoms with Crippen LogP contribution < -0.4 is 0 Å². The van der Waals surface area contributed by atoms with Gasteiger partial charge in [0.15, 0.2) is 6.10 Å². The zero-order valence-corrected chi connectivity index (χ0v) is 50.8. The molecule has 0 radical (unpaired) electrons. The van der Waals surface area contributed by atoms with Crippen molar-refractivity contribution in [2.45, 2.75) is 354 Å². The molecule has 6 heteroatoms. The van der Waals surface area contributed by atoms with Crippen LogP contribution in [-0.2, 0) is 28.6 Å². The zero-order valence-electron chi connectivity index (χ0n) is 50.8. The number of carbonyl (C=O) groups is 3. The fraction of sp³-hybridized carbons (Fsp3) is 0.814. The van der Waals surface area contributed by atoms with Crippen molar-refractivity contribution in [2.75, 3.05) is 13.2 Å². The monoisotopic (exact) mass is 1060 g/mol. The Morgan fingerprint density at radius 2 is 0.513 bits per heavy atom. The molecular weight excluding hydrogens is 937 g/mol.